The maximum atomic E-state index is 12.3. The first-order valence-electron chi connectivity index (χ1n) is 8.12. The summed E-state index contributed by atoms with van der Waals surface area (Å²) >= 11 is 0. The number of H-pyrrole nitrogens is 1. The van der Waals surface area contributed by atoms with Crippen LogP contribution in [0.4, 0.5) is 11.4 Å². The minimum absolute atomic E-state index is 0.0288. The summed E-state index contributed by atoms with van der Waals surface area (Å²) in [5, 5.41) is 12.4. The molecular weight excluding hydrogens is 320 g/mol. The number of fused-ring (bicyclic) bond motifs is 1. The lowest BCUT2D eigenvalue weighted by molar-refractivity contribution is 0.0697. The number of hydrogen-bond acceptors (Lipinski definition) is 4. The molecule has 130 valence electrons. The van der Waals surface area contributed by atoms with Crippen LogP contribution in [0.25, 0.3) is 11.2 Å². The quantitative estimate of drug-likeness (QED) is 0.660. The summed E-state index contributed by atoms with van der Waals surface area (Å²) in [5.41, 5.74) is 3.42. The van der Waals surface area contributed by atoms with Gasteiger partial charge in [0.05, 0.1) is 11.3 Å². The van der Waals surface area contributed by atoms with Gasteiger partial charge in [-0.05, 0) is 44.0 Å². The van der Waals surface area contributed by atoms with Crippen molar-refractivity contribution in [3.8, 4) is 0 Å². The van der Waals surface area contributed by atoms with Crippen molar-refractivity contribution < 1.29 is 9.90 Å². The number of rotatable bonds is 5. The fraction of sp³-hybridized carbons (Fsp3) is 0.278. The van der Waals surface area contributed by atoms with Gasteiger partial charge in [-0.15, -0.1) is 0 Å². The smallest absolute Gasteiger partial charge is 0.335 e. The molecule has 0 saturated heterocycles. The van der Waals surface area contributed by atoms with Gasteiger partial charge in [-0.1, -0.05) is 13.0 Å². The normalized spacial score (nSPS) is 12.3. The topological polar surface area (TPSA) is 100 Å². The predicted molar refractivity (Wildman–Crippen MR) is 96.8 cm³/mol. The van der Waals surface area contributed by atoms with E-state index in [2.05, 4.69) is 15.3 Å². The second-order valence-electron chi connectivity index (χ2n) is 6.07. The Balaban J connectivity index is 2.11. The number of pyridine rings is 1. The van der Waals surface area contributed by atoms with E-state index in [1.165, 1.54) is 0 Å². The third-order valence-electron chi connectivity index (χ3n) is 4.40. The lowest BCUT2D eigenvalue weighted by atomic mass is 10.1. The average Bonchev–Trinajstić information content (AvgIpc) is 2.93. The zero-order chi connectivity index (χ0) is 18.1. The highest BCUT2D eigenvalue weighted by molar-refractivity contribution is 5.91. The molecule has 2 aromatic heterocycles. The molecule has 0 aliphatic heterocycles. The number of imidazole rings is 1. The van der Waals surface area contributed by atoms with Gasteiger partial charge in [0.1, 0.15) is 5.52 Å². The summed E-state index contributed by atoms with van der Waals surface area (Å²) < 4.78 is 1.64. The van der Waals surface area contributed by atoms with Crippen LogP contribution in [-0.2, 0) is 0 Å². The molecule has 3 aromatic rings. The van der Waals surface area contributed by atoms with E-state index in [0.717, 1.165) is 12.0 Å². The highest BCUT2D eigenvalue weighted by atomic mass is 16.4. The molecule has 1 aromatic carbocycles. The number of hydrogen-bond donors (Lipinski definition) is 3. The number of carboxylic acid groups (broad SMARTS) is 1. The van der Waals surface area contributed by atoms with E-state index >= 15 is 0 Å². The van der Waals surface area contributed by atoms with Crippen molar-refractivity contribution in [3.63, 3.8) is 0 Å². The molecule has 0 aliphatic carbocycles. The molecule has 3 N–H and O–H groups in total. The molecule has 0 spiro atoms. The van der Waals surface area contributed by atoms with Crippen LogP contribution in [0.1, 0.15) is 42.2 Å². The number of carboxylic acids is 1. The van der Waals surface area contributed by atoms with Crippen LogP contribution in [0, 0.1) is 6.92 Å². The molecule has 0 amide bonds. The molecule has 1 atom stereocenters. The van der Waals surface area contributed by atoms with Gasteiger partial charge in [0.2, 0.25) is 0 Å². The van der Waals surface area contributed by atoms with Crippen molar-refractivity contribution in [2.24, 2.45) is 0 Å². The van der Waals surface area contributed by atoms with Crippen LogP contribution >= 0.6 is 0 Å². The number of nitrogens with one attached hydrogen (secondary N) is 2. The minimum atomic E-state index is -0.987. The predicted octanol–water partition coefficient (Wildman–Crippen LogP) is 3.45. The third kappa shape index (κ3) is 3.00. The number of aromatic nitrogens is 3. The second kappa shape index (κ2) is 6.43. The van der Waals surface area contributed by atoms with Crippen LogP contribution in [0.2, 0.25) is 0 Å². The Morgan fingerprint density at radius 3 is 2.80 bits per heavy atom. The summed E-state index contributed by atoms with van der Waals surface area (Å²) in [4.78, 5) is 30.7. The van der Waals surface area contributed by atoms with Gasteiger partial charge in [0, 0.05) is 17.9 Å². The molecule has 0 radical (unpaired) electrons. The molecule has 2 heterocycles. The van der Waals surface area contributed by atoms with Crippen molar-refractivity contribution >= 4 is 28.5 Å². The molecule has 0 bridgehead atoms. The lowest BCUT2D eigenvalue weighted by Gasteiger charge is -2.12. The fourth-order valence-corrected chi connectivity index (χ4v) is 2.75. The maximum absolute atomic E-state index is 12.3. The Hall–Kier alpha value is -3.09. The Bertz CT molecular complexity index is 1000. The second-order valence-corrected chi connectivity index (χ2v) is 6.07. The highest BCUT2D eigenvalue weighted by Gasteiger charge is 2.16. The number of aromatic amines is 1. The largest absolute Gasteiger partial charge is 0.478 e. The molecular formula is C18H20N4O3. The third-order valence-corrected chi connectivity index (χ3v) is 4.40. The van der Waals surface area contributed by atoms with Crippen molar-refractivity contribution in [2.45, 2.75) is 33.2 Å². The molecule has 25 heavy (non-hydrogen) atoms. The monoisotopic (exact) mass is 340 g/mol. The zero-order valence-corrected chi connectivity index (χ0v) is 14.3. The maximum Gasteiger partial charge on any atom is 0.335 e. The van der Waals surface area contributed by atoms with E-state index in [-0.39, 0.29) is 17.3 Å². The Kier molecular flexibility index (Phi) is 4.31. The minimum Gasteiger partial charge on any atom is -0.478 e. The summed E-state index contributed by atoms with van der Waals surface area (Å²) in [6.07, 6.45) is 2.44. The van der Waals surface area contributed by atoms with E-state index in [1.54, 1.807) is 35.0 Å². The van der Waals surface area contributed by atoms with Gasteiger partial charge in [0.15, 0.2) is 5.65 Å². The molecule has 7 nitrogen and oxygen atoms in total. The number of benzene rings is 1. The molecule has 0 aliphatic rings. The van der Waals surface area contributed by atoms with E-state index in [4.69, 9.17) is 0 Å². The first-order valence-corrected chi connectivity index (χ1v) is 8.12. The lowest BCUT2D eigenvalue weighted by Crippen LogP contribution is -2.20. The van der Waals surface area contributed by atoms with Gasteiger partial charge >= 0.3 is 11.7 Å². The number of nitrogens with zero attached hydrogens (tertiary/aromatic N) is 2. The summed E-state index contributed by atoms with van der Waals surface area (Å²) in [5.74, 6) is -0.987. The van der Waals surface area contributed by atoms with Crippen LogP contribution < -0.4 is 11.0 Å². The van der Waals surface area contributed by atoms with Gasteiger partial charge in [-0.25, -0.2) is 14.6 Å². The summed E-state index contributed by atoms with van der Waals surface area (Å²) in [7, 11) is 0. The number of aryl methyl sites for hydroxylation is 1. The van der Waals surface area contributed by atoms with Gasteiger partial charge in [-0.2, -0.15) is 0 Å². The van der Waals surface area contributed by atoms with E-state index < -0.39 is 5.97 Å². The molecule has 7 heteroatoms. The van der Waals surface area contributed by atoms with E-state index in [9.17, 15) is 14.7 Å². The standard InChI is InChI=1S/C18H20N4O3/c1-4-11(3)22-16-15(21-18(22)25)13(7-8-19-16)20-14-9-12(17(23)24)6-5-10(14)2/h5-9,11H,4H2,1-3H3,(H,19,20)(H,21,25)(H,23,24). The van der Waals surface area contributed by atoms with Crippen molar-refractivity contribution in [3.05, 3.63) is 52.1 Å². The first-order chi connectivity index (χ1) is 11.9. The Labute approximate surface area is 144 Å². The Morgan fingerprint density at radius 1 is 1.36 bits per heavy atom. The molecule has 0 fully saturated rings. The average molecular weight is 340 g/mol. The van der Waals surface area contributed by atoms with Crippen LogP contribution in [-0.4, -0.2) is 25.6 Å². The number of carbonyl (C=O) groups is 1. The van der Waals surface area contributed by atoms with Crippen LogP contribution in [0.3, 0.4) is 0 Å². The Morgan fingerprint density at radius 2 is 2.12 bits per heavy atom. The van der Waals surface area contributed by atoms with E-state index in [1.807, 2.05) is 20.8 Å². The fourth-order valence-electron chi connectivity index (χ4n) is 2.75. The van der Waals surface area contributed by atoms with Crippen molar-refractivity contribution in [1.29, 1.82) is 0 Å². The van der Waals surface area contributed by atoms with Gasteiger partial charge in [-0.3, -0.25) is 4.57 Å². The number of anilines is 2. The highest BCUT2D eigenvalue weighted by Crippen LogP contribution is 2.27. The van der Waals surface area contributed by atoms with Gasteiger partial charge in [0.25, 0.3) is 0 Å². The SMILES string of the molecule is CCC(C)n1c(=O)[nH]c2c(Nc3cc(C(=O)O)ccc3C)ccnc21. The van der Waals surface area contributed by atoms with Crippen LogP contribution in [0.15, 0.2) is 35.3 Å². The number of aromatic carboxylic acids is 1. The van der Waals surface area contributed by atoms with Crippen molar-refractivity contribution in [2.75, 3.05) is 5.32 Å². The molecule has 3 rings (SSSR count). The molecule has 0 saturated carbocycles. The summed E-state index contributed by atoms with van der Waals surface area (Å²) in [6.45, 7) is 5.87. The first kappa shape index (κ1) is 16.8. The summed E-state index contributed by atoms with van der Waals surface area (Å²) in [6, 6.07) is 6.67. The van der Waals surface area contributed by atoms with Crippen LogP contribution in [0.5, 0.6) is 0 Å². The van der Waals surface area contributed by atoms with E-state index in [0.29, 0.717) is 22.5 Å². The van der Waals surface area contributed by atoms with Gasteiger partial charge < -0.3 is 15.4 Å². The molecule has 1 unspecified atom stereocenters. The van der Waals surface area contributed by atoms with Crippen molar-refractivity contribution in [1.82, 2.24) is 14.5 Å². The zero-order valence-electron chi connectivity index (χ0n) is 14.3.